The predicted molar refractivity (Wildman–Crippen MR) is 157 cm³/mol. The molecule has 2 heterocycles. The number of halogens is 3. The lowest BCUT2D eigenvalue weighted by molar-refractivity contribution is -0.148. The molecular weight excluding hydrogens is 561 g/mol. The molecule has 1 aliphatic carbocycles. The lowest BCUT2D eigenvalue weighted by Gasteiger charge is -2.43. The van der Waals surface area contributed by atoms with Crippen LogP contribution in [0.25, 0.3) is 10.9 Å². The summed E-state index contributed by atoms with van der Waals surface area (Å²) in [6.45, 7) is 8.36. The van der Waals surface area contributed by atoms with Crippen LogP contribution in [0.2, 0.25) is 0 Å². The van der Waals surface area contributed by atoms with Crippen molar-refractivity contribution in [1.29, 1.82) is 0 Å². The molecule has 43 heavy (non-hydrogen) atoms. The second-order valence-electron chi connectivity index (χ2n) is 12.2. The van der Waals surface area contributed by atoms with Crippen molar-refractivity contribution in [2.75, 3.05) is 46.2 Å². The van der Waals surface area contributed by atoms with Gasteiger partial charge in [-0.3, -0.25) is 4.90 Å². The highest BCUT2D eigenvalue weighted by Gasteiger charge is 2.41. The topological polar surface area (TPSA) is 73.0 Å². The maximum Gasteiger partial charge on any atom is 0.332 e. The van der Waals surface area contributed by atoms with Gasteiger partial charge in [-0.05, 0) is 64.0 Å². The lowest BCUT2D eigenvalue weighted by atomic mass is 9.87. The van der Waals surface area contributed by atoms with Gasteiger partial charge in [-0.1, -0.05) is 18.2 Å². The van der Waals surface area contributed by atoms with E-state index in [1.54, 1.807) is 6.92 Å². The van der Waals surface area contributed by atoms with Crippen LogP contribution in [0, 0.1) is 23.5 Å². The van der Waals surface area contributed by atoms with Gasteiger partial charge in [0.2, 0.25) is 0 Å². The summed E-state index contributed by atoms with van der Waals surface area (Å²) in [6.07, 6.45) is 1.59. The van der Waals surface area contributed by atoms with Crippen LogP contribution in [0.5, 0.6) is 5.75 Å². The zero-order chi connectivity index (χ0) is 30.7. The highest BCUT2D eigenvalue weighted by Crippen LogP contribution is 2.44. The second-order valence-corrected chi connectivity index (χ2v) is 12.2. The second kappa shape index (κ2) is 13.3. The number of benzene rings is 2. The number of nitrogens with one attached hydrogen (secondary N) is 1. The number of hydrogen-bond acceptors (Lipinski definition) is 6. The molecule has 0 spiro atoms. The van der Waals surface area contributed by atoms with Crippen LogP contribution in [0.3, 0.4) is 0 Å². The van der Waals surface area contributed by atoms with Gasteiger partial charge in [0.25, 0.3) is 0 Å². The van der Waals surface area contributed by atoms with Crippen molar-refractivity contribution in [2.24, 2.45) is 11.8 Å². The molecule has 1 saturated carbocycles. The number of aromatic amines is 1. The maximum atomic E-state index is 15.8. The van der Waals surface area contributed by atoms with Gasteiger partial charge in [-0.25, -0.2) is 18.0 Å². The Balaban J connectivity index is 1.22. The molecule has 2 aliphatic rings. The van der Waals surface area contributed by atoms with E-state index in [1.165, 1.54) is 26.0 Å². The number of esters is 1. The predicted octanol–water partition coefficient (Wildman–Crippen LogP) is 6.14. The summed E-state index contributed by atoms with van der Waals surface area (Å²) in [5.41, 5.74) is 0.877. The summed E-state index contributed by atoms with van der Waals surface area (Å²) >= 11 is 0. The number of H-pyrrole nitrogens is 1. The molecule has 0 amide bonds. The minimum Gasteiger partial charge on any atom is -0.491 e. The number of alkyl halides is 1. The van der Waals surface area contributed by atoms with E-state index in [0.717, 1.165) is 22.9 Å². The summed E-state index contributed by atoms with van der Waals surface area (Å²) in [7, 11) is 0. The van der Waals surface area contributed by atoms with Gasteiger partial charge in [0.05, 0.1) is 25.9 Å². The third-order valence-electron chi connectivity index (χ3n) is 8.16. The largest absolute Gasteiger partial charge is 0.491 e. The van der Waals surface area contributed by atoms with Crippen molar-refractivity contribution in [3.63, 3.8) is 0 Å². The first-order chi connectivity index (χ1) is 20.6. The Bertz CT molecular complexity index is 1400. The highest BCUT2D eigenvalue weighted by molar-refractivity contribution is 5.85. The van der Waals surface area contributed by atoms with Gasteiger partial charge in [0.15, 0.2) is 0 Å². The average Bonchev–Trinajstić information content (AvgIpc) is 3.58. The number of carbonyl (C=O) groups is 1. The van der Waals surface area contributed by atoms with Gasteiger partial charge in [0, 0.05) is 53.5 Å². The fourth-order valence-electron chi connectivity index (χ4n) is 6.07. The number of nitrogens with zero attached hydrogens (tertiary/aromatic N) is 1. The average molecular weight is 603 g/mol. The van der Waals surface area contributed by atoms with E-state index in [4.69, 9.17) is 18.9 Å². The molecule has 0 bridgehead atoms. The molecule has 2 aromatic carbocycles. The normalized spacial score (nSPS) is 22.0. The zero-order valence-corrected chi connectivity index (χ0v) is 25.3. The van der Waals surface area contributed by atoms with Gasteiger partial charge in [-0.2, -0.15) is 0 Å². The molecule has 1 fully saturated rings. The number of hydrogen-bond donors (Lipinski definition) is 1. The van der Waals surface area contributed by atoms with Gasteiger partial charge >= 0.3 is 5.97 Å². The molecule has 1 N–H and O–H groups in total. The van der Waals surface area contributed by atoms with Crippen LogP contribution in [-0.2, 0) is 25.4 Å². The lowest BCUT2D eigenvalue weighted by Crippen LogP contribution is -2.48. The minimum atomic E-state index is -1.57. The Hall–Kier alpha value is -3.08. The van der Waals surface area contributed by atoms with E-state index in [-0.39, 0.29) is 49.7 Å². The number of aromatic nitrogens is 1. The number of ether oxygens (including phenoxy) is 4. The van der Waals surface area contributed by atoms with E-state index in [0.29, 0.717) is 43.8 Å². The smallest absolute Gasteiger partial charge is 0.332 e. The van der Waals surface area contributed by atoms with Crippen molar-refractivity contribution < 1.29 is 36.9 Å². The monoisotopic (exact) mass is 602 g/mol. The molecule has 4 atom stereocenters. The molecular formula is C33H41F3N2O5. The molecule has 5 rings (SSSR count). The Morgan fingerprint density at radius 3 is 2.47 bits per heavy atom. The van der Waals surface area contributed by atoms with E-state index in [9.17, 15) is 9.18 Å². The Morgan fingerprint density at radius 2 is 1.77 bits per heavy atom. The Kier molecular flexibility index (Phi) is 9.68. The van der Waals surface area contributed by atoms with Crippen molar-refractivity contribution in [3.05, 3.63) is 64.9 Å². The zero-order valence-electron chi connectivity index (χ0n) is 25.3. The van der Waals surface area contributed by atoms with E-state index in [2.05, 4.69) is 4.98 Å². The van der Waals surface area contributed by atoms with Crippen LogP contribution in [0.1, 0.15) is 57.0 Å². The fraction of sp³-hybridized carbons (Fsp3) is 0.545. The van der Waals surface area contributed by atoms with Crippen LogP contribution >= 0.6 is 0 Å². The highest BCUT2D eigenvalue weighted by atomic mass is 19.1. The quantitative estimate of drug-likeness (QED) is 0.177. The van der Waals surface area contributed by atoms with Crippen LogP contribution < -0.4 is 4.74 Å². The van der Waals surface area contributed by atoms with Gasteiger partial charge in [-0.15, -0.1) is 0 Å². The third kappa shape index (κ3) is 7.53. The molecule has 3 aromatic rings. The fourth-order valence-corrected chi connectivity index (χ4v) is 6.07. The SMILES string of the molecule is CCOC(=O)COCC1CC1COCCOc1cc(F)c([C@@H]2c3[nH]c4ccccc4c3C[C@@H](C)N2CC(C)(C)F)c(F)c1. The van der Waals surface area contributed by atoms with Gasteiger partial charge in [0.1, 0.15) is 36.3 Å². The summed E-state index contributed by atoms with van der Waals surface area (Å²) in [5, 5.41) is 1.01. The number of para-hydroxylation sites is 1. The molecule has 1 aromatic heterocycles. The molecule has 2 unspecified atom stereocenters. The first-order valence-electron chi connectivity index (χ1n) is 15.0. The molecule has 1 aliphatic heterocycles. The number of fused-ring (bicyclic) bond motifs is 3. The summed E-state index contributed by atoms with van der Waals surface area (Å²) in [5.74, 6) is -1.10. The molecule has 0 saturated heterocycles. The first-order valence-corrected chi connectivity index (χ1v) is 15.0. The number of carbonyl (C=O) groups excluding carboxylic acids is 1. The van der Waals surface area contributed by atoms with Gasteiger partial charge < -0.3 is 23.9 Å². The maximum absolute atomic E-state index is 15.8. The Labute approximate surface area is 250 Å². The molecule has 234 valence electrons. The summed E-state index contributed by atoms with van der Waals surface area (Å²) in [4.78, 5) is 16.6. The first kappa shape index (κ1) is 31.3. The van der Waals surface area contributed by atoms with Crippen molar-refractivity contribution in [3.8, 4) is 5.75 Å². The summed E-state index contributed by atoms with van der Waals surface area (Å²) < 4.78 is 68.1. The van der Waals surface area contributed by atoms with Crippen LogP contribution in [0.4, 0.5) is 13.2 Å². The summed E-state index contributed by atoms with van der Waals surface area (Å²) in [6, 6.07) is 9.20. The molecule has 0 radical (unpaired) electrons. The van der Waals surface area contributed by atoms with Crippen molar-refractivity contribution >= 4 is 16.9 Å². The molecule has 7 nitrogen and oxygen atoms in total. The minimum absolute atomic E-state index is 0.0154. The van der Waals surface area contributed by atoms with E-state index in [1.807, 2.05) is 36.1 Å². The van der Waals surface area contributed by atoms with Crippen LogP contribution in [0.15, 0.2) is 36.4 Å². The van der Waals surface area contributed by atoms with Crippen molar-refractivity contribution in [2.45, 2.75) is 58.3 Å². The molecule has 10 heteroatoms. The number of rotatable bonds is 14. The third-order valence-corrected chi connectivity index (χ3v) is 8.16. The standard InChI is InChI=1S/C33H41F3N2O5/c1-5-42-29(39)18-41-17-22-13-21(22)16-40-10-11-43-23-14-26(34)30(27(35)15-23)32-31-25(24-8-6-7-9-28(24)37-31)12-20(2)38(32)19-33(3,4)36/h6-9,14-15,20-22,32,37H,5,10-13,16-19H2,1-4H3/t20-,21?,22?,32-/m1/s1. The van der Waals surface area contributed by atoms with E-state index >= 15 is 8.78 Å². The van der Waals surface area contributed by atoms with Crippen LogP contribution in [-0.4, -0.2) is 73.7 Å². The Morgan fingerprint density at radius 1 is 1.07 bits per heavy atom. The van der Waals surface area contributed by atoms with Crippen molar-refractivity contribution in [1.82, 2.24) is 9.88 Å². The van der Waals surface area contributed by atoms with E-state index < -0.39 is 23.3 Å².